The third-order valence-electron chi connectivity index (χ3n) is 2.44. The number of hydrogen-bond acceptors (Lipinski definition) is 6. The van der Waals surface area contributed by atoms with Crippen LogP contribution in [-0.2, 0) is 13.0 Å². The lowest BCUT2D eigenvalue weighted by atomic mass is 10.2. The lowest BCUT2D eigenvalue weighted by Gasteiger charge is -2.14. The number of hydrogen-bond donors (Lipinski definition) is 1. The van der Waals surface area contributed by atoms with Gasteiger partial charge in [-0.05, 0) is 24.1 Å². The van der Waals surface area contributed by atoms with Crippen molar-refractivity contribution in [1.82, 2.24) is 15.2 Å². The molecule has 0 aliphatic heterocycles. The normalized spacial score (nSPS) is 10.5. The molecule has 0 unspecified atom stereocenters. The number of nitrogens with two attached hydrogens (primary N) is 1. The Balaban J connectivity index is 1.91. The Morgan fingerprint density at radius 2 is 2.06 bits per heavy atom. The van der Waals surface area contributed by atoms with E-state index >= 15 is 0 Å². The molecule has 2 aromatic rings. The molecular weight excluding hydrogens is 234 g/mol. The third kappa shape index (κ3) is 3.21. The SMILES string of the molecule is CN(CCc1ccncc1)c1nnc(CN)s1. The van der Waals surface area contributed by atoms with Crippen LogP contribution in [0.25, 0.3) is 0 Å². The first-order valence-electron chi connectivity index (χ1n) is 5.42. The summed E-state index contributed by atoms with van der Waals surface area (Å²) < 4.78 is 0. The first-order chi connectivity index (χ1) is 8.29. The first kappa shape index (κ1) is 11.9. The minimum atomic E-state index is 0.454. The van der Waals surface area contributed by atoms with E-state index in [0.717, 1.165) is 23.1 Å². The molecule has 0 aliphatic carbocycles. The second-order valence-corrected chi connectivity index (χ2v) is 4.75. The predicted molar refractivity (Wildman–Crippen MR) is 69.0 cm³/mol. The quantitative estimate of drug-likeness (QED) is 0.858. The summed E-state index contributed by atoms with van der Waals surface area (Å²) in [7, 11) is 2.02. The van der Waals surface area contributed by atoms with E-state index in [-0.39, 0.29) is 0 Å². The summed E-state index contributed by atoms with van der Waals surface area (Å²) in [4.78, 5) is 6.09. The number of pyridine rings is 1. The van der Waals surface area contributed by atoms with Crippen LogP contribution in [0.4, 0.5) is 5.13 Å². The van der Waals surface area contributed by atoms with Crippen LogP contribution in [-0.4, -0.2) is 28.8 Å². The fourth-order valence-corrected chi connectivity index (χ4v) is 2.13. The monoisotopic (exact) mass is 249 g/mol. The molecule has 2 aromatic heterocycles. The van der Waals surface area contributed by atoms with Crippen LogP contribution in [0.15, 0.2) is 24.5 Å². The van der Waals surface area contributed by atoms with Crippen molar-refractivity contribution >= 4 is 16.5 Å². The highest BCUT2D eigenvalue weighted by molar-refractivity contribution is 7.15. The second-order valence-electron chi connectivity index (χ2n) is 3.71. The summed E-state index contributed by atoms with van der Waals surface area (Å²) in [5.41, 5.74) is 6.78. The maximum atomic E-state index is 5.51. The van der Waals surface area contributed by atoms with Crippen molar-refractivity contribution in [2.75, 3.05) is 18.5 Å². The molecule has 0 aromatic carbocycles. The van der Waals surface area contributed by atoms with Gasteiger partial charge in [-0.3, -0.25) is 4.98 Å². The molecule has 2 heterocycles. The Kier molecular flexibility index (Phi) is 4.00. The zero-order chi connectivity index (χ0) is 12.1. The van der Waals surface area contributed by atoms with Gasteiger partial charge < -0.3 is 10.6 Å². The van der Waals surface area contributed by atoms with E-state index in [1.165, 1.54) is 5.56 Å². The van der Waals surface area contributed by atoms with Crippen LogP contribution >= 0.6 is 11.3 Å². The van der Waals surface area contributed by atoms with Crippen molar-refractivity contribution in [2.45, 2.75) is 13.0 Å². The maximum absolute atomic E-state index is 5.51. The van der Waals surface area contributed by atoms with Gasteiger partial charge in [-0.15, -0.1) is 10.2 Å². The smallest absolute Gasteiger partial charge is 0.208 e. The summed E-state index contributed by atoms with van der Waals surface area (Å²) in [6, 6.07) is 4.05. The molecule has 0 atom stereocenters. The summed E-state index contributed by atoms with van der Waals surface area (Å²) in [5.74, 6) is 0. The largest absolute Gasteiger partial charge is 0.349 e. The van der Waals surface area contributed by atoms with Gasteiger partial charge in [0.2, 0.25) is 5.13 Å². The van der Waals surface area contributed by atoms with Crippen LogP contribution in [0.3, 0.4) is 0 Å². The van der Waals surface area contributed by atoms with Gasteiger partial charge in [0, 0.05) is 32.5 Å². The average Bonchev–Trinajstić information content (AvgIpc) is 2.86. The molecule has 5 nitrogen and oxygen atoms in total. The highest BCUT2D eigenvalue weighted by Crippen LogP contribution is 2.18. The fraction of sp³-hybridized carbons (Fsp3) is 0.364. The first-order valence-corrected chi connectivity index (χ1v) is 6.23. The van der Waals surface area contributed by atoms with E-state index in [9.17, 15) is 0 Å². The molecular formula is C11H15N5S. The summed E-state index contributed by atoms with van der Waals surface area (Å²) in [6.45, 7) is 1.36. The molecule has 0 radical (unpaired) electrons. The molecule has 17 heavy (non-hydrogen) atoms. The third-order valence-corrected chi connectivity index (χ3v) is 3.50. The van der Waals surface area contributed by atoms with Crippen LogP contribution in [0.1, 0.15) is 10.6 Å². The number of anilines is 1. The van der Waals surface area contributed by atoms with Gasteiger partial charge in [0.25, 0.3) is 0 Å². The van der Waals surface area contributed by atoms with Crippen LogP contribution in [0.2, 0.25) is 0 Å². The summed E-state index contributed by atoms with van der Waals surface area (Å²) in [5, 5.41) is 9.89. The molecule has 2 rings (SSSR count). The Morgan fingerprint density at radius 1 is 1.29 bits per heavy atom. The van der Waals surface area contributed by atoms with Gasteiger partial charge in [-0.2, -0.15) is 0 Å². The molecule has 2 N–H and O–H groups in total. The van der Waals surface area contributed by atoms with Gasteiger partial charge in [0.1, 0.15) is 5.01 Å². The maximum Gasteiger partial charge on any atom is 0.208 e. The Hall–Kier alpha value is -1.53. The van der Waals surface area contributed by atoms with Gasteiger partial charge in [0.15, 0.2) is 0 Å². The molecule has 0 aliphatic rings. The molecule has 90 valence electrons. The topological polar surface area (TPSA) is 67.9 Å². The van der Waals surface area contributed by atoms with Gasteiger partial charge in [0.05, 0.1) is 0 Å². The van der Waals surface area contributed by atoms with E-state index in [1.54, 1.807) is 11.3 Å². The molecule has 6 heteroatoms. The van der Waals surface area contributed by atoms with E-state index < -0.39 is 0 Å². The van der Waals surface area contributed by atoms with Crippen molar-refractivity contribution in [3.05, 3.63) is 35.1 Å². The Bertz CT molecular complexity index is 456. The van der Waals surface area contributed by atoms with E-state index in [2.05, 4.69) is 20.1 Å². The van der Waals surface area contributed by atoms with Crippen LogP contribution < -0.4 is 10.6 Å². The van der Waals surface area contributed by atoms with Gasteiger partial charge in [-0.1, -0.05) is 11.3 Å². The van der Waals surface area contributed by atoms with E-state index in [4.69, 9.17) is 5.73 Å². The number of likely N-dealkylation sites (N-methyl/N-ethyl adjacent to an activating group) is 1. The summed E-state index contributed by atoms with van der Waals surface area (Å²) >= 11 is 1.54. The van der Waals surface area contributed by atoms with Crippen LogP contribution in [0, 0.1) is 0 Å². The molecule has 0 fully saturated rings. The summed E-state index contributed by atoms with van der Waals surface area (Å²) in [6.07, 6.45) is 4.59. The predicted octanol–water partition coefficient (Wildman–Crippen LogP) is 1.07. The van der Waals surface area contributed by atoms with Crippen molar-refractivity contribution in [3.8, 4) is 0 Å². The van der Waals surface area contributed by atoms with Crippen molar-refractivity contribution in [3.63, 3.8) is 0 Å². The van der Waals surface area contributed by atoms with Gasteiger partial charge in [-0.25, -0.2) is 0 Å². The molecule has 0 amide bonds. The molecule has 0 saturated heterocycles. The van der Waals surface area contributed by atoms with E-state index in [0.29, 0.717) is 6.54 Å². The Labute approximate surface area is 104 Å². The fourth-order valence-electron chi connectivity index (χ4n) is 1.42. The zero-order valence-corrected chi connectivity index (χ0v) is 10.5. The minimum Gasteiger partial charge on any atom is -0.349 e. The minimum absolute atomic E-state index is 0.454. The van der Waals surface area contributed by atoms with Crippen molar-refractivity contribution in [2.24, 2.45) is 5.73 Å². The molecule has 0 spiro atoms. The highest BCUT2D eigenvalue weighted by Gasteiger charge is 2.07. The van der Waals surface area contributed by atoms with Gasteiger partial charge >= 0.3 is 0 Å². The standard InChI is InChI=1S/C11H15N5S/c1-16(11-15-14-10(8-12)17-11)7-4-9-2-5-13-6-3-9/h2-3,5-6H,4,7-8,12H2,1H3. The Morgan fingerprint density at radius 3 is 2.71 bits per heavy atom. The highest BCUT2D eigenvalue weighted by atomic mass is 32.1. The second kappa shape index (κ2) is 5.70. The van der Waals surface area contributed by atoms with E-state index in [1.807, 2.05) is 31.6 Å². The number of rotatable bonds is 5. The lowest BCUT2D eigenvalue weighted by Crippen LogP contribution is -2.20. The van der Waals surface area contributed by atoms with Crippen LogP contribution in [0.5, 0.6) is 0 Å². The lowest BCUT2D eigenvalue weighted by molar-refractivity contribution is 0.852. The zero-order valence-electron chi connectivity index (χ0n) is 9.71. The van der Waals surface area contributed by atoms with Crippen molar-refractivity contribution in [1.29, 1.82) is 0 Å². The number of aromatic nitrogens is 3. The average molecular weight is 249 g/mol. The molecule has 0 saturated carbocycles. The molecule has 0 bridgehead atoms. The van der Waals surface area contributed by atoms with Crippen molar-refractivity contribution < 1.29 is 0 Å². The number of nitrogens with zero attached hydrogens (tertiary/aromatic N) is 4.